The molecule has 1 atom stereocenters. The van der Waals surface area contributed by atoms with E-state index in [-0.39, 0.29) is 11.8 Å². The highest BCUT2D eigenvalue weighted by Crippen LogP contribution is 2.19. The monoisotopic (exact) mass is 290 g/mol. The first-order valence-corrected chi connectivity index (χ1v) is 7.06. The summed E-state index contributed by atoms with van der Waals surface area (Å²) in [5.74, 6) is 0.204. The summed E-state index contributed by atoms with van der Waals surface area (Å²) in [5.41, 5.74) is 0.820. The fourth-order valence-corrected chi connectivity index (χ4v) is 1.73. The minimum Gasteiger partial charge on any atom is -0.493 e. The second-order valence-electron chi connectivity index (χ2n) is 4.43. The number of hydrogen-bond donors (Lipinski definition) is 2. The molecule has 0 aromatic heterocycles. The van der Waals surface area contributed by atoms with Gasteiger partial charge in [-0.2, -0.15) is 0 Å². The fraction of sp³-hybridized carbons (Fsp3) is 0.375. The van der Waals surface area contributed by atoms with Crippen molar-refractivity contribution in [3.05, 3.63) is 35.9 Å². The van der Waals surface area contributed by atoms with Gasteiger partial charge in [0.2, 0.25) is 11.8 Å². The molecule has 0 fully saturated rings. The zero-order chi connectivity index (χ0) is 15.7. The van der Waals surface area contributed by atoms with E-state index in [1.165, 1.54) is 6.08 Å². The van der Waals surface area contributed by atoms with Crippen LogP contribution in [0, 0.1) is 0 Å². The summed E-state index contributed by atoms with van der Waals surface area (Å²) in [4.78, 5) is 23.3. The van der Waals surface area contributed by atoms with Crippen LogP contribution >= 0.6 is 0 Å². The molecule has 0 aliphatic carbocycles. The van der Waals surface area contributed by atoms with Crippen LogP contribution in [0.15, 0.2) is 30.3 Å². The Bertz CT molecular complexity index is 512. The van der Waals surface area contributed by atoms with E-state index in [2.05, 4.69) is 10.6 Å². The molecule has 0 saturated carbocycles. The lowest BCUT2D eigenvalue weighted by molar-refractivity contribution is -0.126. The molecule has 0 bridgehead atoms. The molecule has 0 saturated heterocycles. The number of carbonyl (C=O) groups is 2. The first kappa shape index (κ1) is 16.8. The van der Waals surface area contributed by atoms with Gasteiger partial charge in [0, 0.05) is 18.2 Å². The third-order valence-corrected chi connectivity index (χ3v) is 2.74. The largest absolute Gasteiger partial charge is 0.493 e. The Morgan fingerprint density at radius 2 is 2.00 bits per heavy atom. The Hall–Kier alpha value is -2.30. The first-order valence-electron chi connectivity index (χ1n) is 7.06. The van der Waals surface area contributed by atoms with E-state index in [9.17, 15) is 9.59 Å². The van der Waals surface area contributed by atoms with Crippen molar-refractivity contribution in [3.63, 3.8) is 0 Å². The van der Waals surface area contributed by atoms with E-state index in [0.717, 1.165) is 11.3 Å². The van der Waals surface area contributed by atoms with Crippen LogP contribution in [-0.4, -0.2) is 31.0 Å². The van der Waals surface area contributed by atoms with Gasteiger partial charge in [0.1, 0.15) is 11.8 Å². The van der Waals surface area contributed by atoms with Gasteiger partial charge in [0.15, 0.2) is 0 Å². The molecule has 0 radical (unpaired) electrons. The number of likely N-dealkylation sites (N-methyl/N-ethyl adjacent to an activating group) is 1. The molecule has 0 unspecified atom stereocenters. The second kappa shape index (κ2) is 8.79. The number of amides is 2. The Morgan fingerprint density at radius 1 is 1.29 bits per heavy atom. The average molecular weight is 290 g/mol. The predicted molar refractivity (Wildman–Crippen MR) is 82.9 cm³/mol. The molecule has 0 heterocycles. The molecular weight excluding hydrogens is 268 g/mol. The summed E-state index contributed by atoms with van der Waals surface area (Å²) in [6, 6.07) is 6.89. The lowest BCUT2D eigenvalue weighted by Crippen LogP contribution is -2.44. The summed E-state index contributed by atoms with van der Waals surface area (Å²) in [5, 5.41) is 5.26. The van der Waals surface area contributed by atoms with Gasteiger partial charge >= 0.3 is 0 Å². The molecule has 0 spiro atoms. The van der Waals surface area contributed by atoms with Gasteiger partial charge in [-0.25, -0.2) is 0 Å². The van der Waals surface area contributed by atoms with Gasteiger partial charge in [-0.3, -0.25) is 9.59 Å². The van der Waals surface area contributed by atoms with Crippen LogP contribution in [0.1, 0.15) is 26.3 Å². The molecule has 21 heavy (non-hydrogen) atoms. The molecule has 0 aliphatic heterocycles. The predicted octanol–water partition coefficient (Wildman–Crippen LogP) is 1.74. The topological polar surface area (TPSA) is 67.4 Å². The van der Waals surface area contributed by atoms with Crippen LogP contribution in [-0.2, 0) is 9.59 Å². The van der Waals surface area contributed by atoms with Crippen LogP contribution in [0.5, 0.6) is 5.75 Å². The second-order valence-corrected chi connectivity index (χ2v) is 4.43. The normalized spacial score (nSPS) is 12.0. The van der Waals surface area contributed by atoms with Gasteiger partial charge in [-0.15, -0.1) is 0 Å². The molecule has 2 N–H and O–H groups in total. The van der Waals surface area contributed by atoms with Crippen LogP contribution < -0.4 is 15.4 Å². The number of carbonyl (C=O) groups excluding carboxylic acids is 2. The summed E-state index contributed by atoms with van der Waals surface area (Å²) >= 11 is 0. The summed E-state index contributed by atoms with van der Waals surface area (Å²) in [6.45, 7) is 6.48. The molecule has 0 aliphatic rings. The Kier molecular flexibility index (Phi) is 7.01. The van der Waals surface area contributed by atoms with Crippen molar-refractivity contribution < 1.29 is 14.3 Å². The number of nitrogens with one attached hydrogen (secondary N) is 2. The number of ether oxygens (including phenoxy) is 1. The zero-order valence-electron chi connectivity index (χ0n) is 12.7. The zero-order valence-corrected chi connectivity index (χ0v) is 12.7. The van der Waals surface area contributed by atoms with Gasteiger partial charge in [-0.05, 0) is 32.9 Å². The lowest BCUT2D eigenvalue weighted by Gasteiger charge is -2.11. The number of hydrogen-bond acceptors (Lipinski definition) is 3. The fourth-order valence-electron chi connectivity index (χ4n) is 1.73. The molecule has 5 nitrogen and oxygen atoms in total. The van der Waals surface area contributed by atoms with Crippen molar-refractivity contribution in [1.29, 1.82) is 0 Å². The van der Waals surface area contributed by atoms with E-state index in [4.69, 9.17) is 4.74 Å². The maximum absolute atomic E-state index is 11.8. The Balaban J connectivity index is 2.64. The van der Waals surface area contributed by atoms with Crippen molar-refractivity contribution in [2.45, 2.75) is 26.8 Å². The standard InChI is InChI=1S/C16H22N2O3/c1-4-17-16(20)12(3)18-15(19)11-10-13-8-6-7-9-14(13)21-5-2/h6-12H,4-5H2,1-3H3,(H,17,20)(H,18,19)/b11-10+/t12-/m0/s1. The molecule has 5 heteroatoms. The molecule has 1 aromatic carbocycles. The van der Waals surface area contributed by atoms with Crippen LogP contribution in [0.3, 0.4) is 0 Å². The maximum Gasteiger partial charge on any atom is 0.244 e. The van der Waals surface area contributed by atoms with E-state index < -0.39 is 6.04 Å². The van der Waals surface area contributed by atoms with Crippen molar-refractivity contribution in [2.24, 2.45) is 0 Å². The average Bonchev–Trinajstić information content (AvgIpc) is 2.47. The molecule has 1 aromatic rings. The van der Waals surface area contributed by atoms with Gasteiger partial charge < -0.3 is 15.4 Å². The smallest absolute Gasteiger partial charge is 0.244 e. The van der Waals surface area contributed by atoms with Crippen molar-refractivity contribution in [3.8, 4) is 5.75 Å². The highest BCUT2D eigenvalue weighted by molar-refractivity contribution is 5.95. The third-order valence-electron chi connectivity index (χ3n) is 2.74. The minimum atomic E-state index is -0.566. The van der Waals surface area contributed by atoms with Gasteiger partial charge in [-0.1, -0.05) is 18.2 Å². The Labute approximate surface area is 125 Å². The van der Waals surface area contributed by atoms with Crippen LogP contribution in [0.4, 0.5) is 0 Å². The van der Waals surface area contributed by atoms with E-state index >= 15 is 0 Å². The number of benzene rings is 1. The molecule has 1 rings (SSSR count). The van der Waals surface area contributed by atoms with E-state index in [0.29, 0.717) is 13.2 Å². The van der Waals surface area contributed by atoms with E-state index in [1.54, 1.807) is 13.0 Å². The van der Waals surface area contributed by atoms with E-state index in [1.807, 2.05) is 38.1 Å². The molecular formula is C16H22N2O3. The summed E-state index contributed by atoms with van der Waals surface area (Å²) in [7, 11) is 0. The summed E-state index contributed by atoms with van der Waals surface area (Å²) < 4.78 is 5.47. The van der Waals surface area contributed by atoms with Crippen LogP contribution in [0.25, 0.3) is 6.08 Å². The summed E-state index contributed by atoms with van der Waals surface area (Å²) in [6.07, 6.45) is 3.07. The number of rotatable bonds is 7. The SMILES string of the molecule is CCNC(=O)[C@H](C)NC(=O)/C=C/c1ccccc1OCC. The number of para-hydroxylation sites is 1. The van der Waals surface area contributed by atoms with Crippen molar-refractivity contribution in [1.82, 2.24) is 10.6 Å². The lowest BCUT2D eigenvalue weighted by atomic mass is 10.2. The molecule has 2 amide bonds. The minimum absolute atomic E-state index is 0.200. The van der Waals surface area contributed by atoms with Gasteiger partial charge in [0.25, 0.3) is 0 Å². The van der Waals surface area contributed by atoms with Gasteiger partial charge in [0.05, 0.1) is 6.61 Å². The Morgan fingerprint density at radius 3 is 2.67 bits per heavy atom. The highest BCUT2D eigenvalue weighted by atomic mass is 16.5. The maximum atomic E-state index is 11.8. The quantitative estimate of drug-likeness (QED) is 0.752. The van der Waals surface area contributed by atoms with Crippen molar-refractivity contribution >= 4 is 17.9 Å². The molecule has 114 valence electrons. The highest BCUT2D eigenvalue weighted by Gasteiger charge is 2.12. The van der Waals surface area contributed by atoms with Crippen molar-refractivity contribution in [2.75, 3.05) is 13.2 Å². The first-order chi connectivity index (χ1) is 10.1. The third kappa shape index (κ3) is 5.69. The van der Waals surface area contributed by atoms with Crippen LogP contribution in [0.2, 0.25) is 0 Å².